The van der Waals surface area contributed by atoms with Crippen LogP contribution in [-0.2, 0) is 12.6 Å². The van der Waals surface area contributed by atoms with Gasteiger partial charge in [-0.3, -0.25) is 4.68 Å². The first-order valence-electron chi connectivity index (χ1n) is 7.11. The van der Waals surface area contributed by atoms with E-state index in [1.165, 1.54) is 0 Å². The molecule has 6 heteroatoms. The number of nitrogens with two attached hydrogens (primary N) is 1. The Kier molecular flexibility index (Phi) is 3.12. The lowest BCUT2D eigenvalue weighted by Gasteiger charge is -2.33. The molecule has 0 atom stereocenters. The zero-order valence-electron chi connectivity index (χ0n) is 12.3. The van der Waals surface area contributed by atoms with Gasteiger partial charge in [0.05, 0.1) is 17.3 Å². The van der Waals surface area contributed by atoms with Crippen molar-refractivity contribution in [2.75, 3.05) is 0 Å². The van der Waals surface area contributed by atoms with Gasteiger partial charge in [0, 0.05) is 12.7 Å². The van der Waals surface area contributed by atoms with E-state index >= 15 is 0 Å². The van der Waals surface area contributed by atoms with Crippen LogP contribution in [0.5, 0.6) is 0 Å². The average molecular weight is 275 g/mol. The van der Waals surface area contributed by atoms with Crippen molar-refractivity contribution < 1.29 is 4.52 Å². The third-order valence-electron chi connectivity index (χ3n) is 4.50. The molecule has 2 aromatic heterocycles. The number of aromatic nitrogens is 4. The van der Waals surface area contributed by atoms with Crippen molar-refractivity contribution in [3.8, 4) is 11.5 Å². The number of aryl methyl sites for hydroxylation is 1. The average Bonchev–Trinajstić information content (AvgIpc) is 3.03. The van der Waals surface area contributed by atoms with Crippen molar-refractivity contribution in [2.45, 2.75) is 45.1 Å². The van der Waals surface area contributed by atoms with Crippen LogP contribution in [0.1, 0.15) is 44.1 Å². The molecule has 0 radical (unpaired) electrons. The second kappa shape index (κ2) is 4.70. The Morgan fingerprint density at radius 2 is 2.10 bits per heavy atom. The Labute approximate surface area is 118 Å². The highest BCUT2D eigenvalue weighted by Gasteiger charge is 2.36. The zero-order valence-corrected chi connectivity index (χ0v) is 12.3. The molecule has 0 aliphatic heterocycles. The van der Waals surface area contributed by atoms with E-state index < -0.39 is 5.54 Å². The van der Waals surface area contributed by atoms with E-state index in [-0.39, 0.29) is 0 Å². The topological polar surface area (TPSA) is 82.8 Å². The molecule has 1 saturated carbocycles. The normalized spacial score (nSPS) is 26.9. The van der Waals surface area contributed by atoms with Gasteiger partial charge in [-0.05, 0) is 38.5 Å². The molecule has 2 heterocycles. The molecule has 6 nitrogen and oxygen atoms in total. The maximum atomic E-state index is 6.47. The van der Waals surface area contributed by atoms with Crippen LogP contribution in [0.4, 0.5) is 0 Å². The monoisotopic (exact) mass is 275 g/mol. The quantitative estimate of drug-likeness (QED) is 0.908. The number of nitrogens with zero attached hydrogens (tertiary/aromatic N) is 4. The summed E-state index contributed by atoms with van der Waals surface area (Å²) in [6, 6.07) is 0. The summed E-state index contributed by atoms with van der Waals surface area (Å²) < 4.78 is 7.19. The van der Waals surface area contributed by atoms with E-state index in [1.807, 2.05) is 14.0 Å². The van der Waals surface area contributed by atoms with Crippen LogP contribution >= 0.6 is 0 Å². The fourth-order valence-electron chi connectivity index (χ4n) is 2.74. The van der Waals surface area contributed by atoms with Crippen LogP contribution < -0.4 is 5.73 Å². The van der Waals surface area contributed by atoms with Gasteiger partial charge in [-0.15, -0.1) is 0 Å². The summed E-state index contributed by atoms with van der Waals surface area (Å²) in [5, 5.41) is 8.31. The van der Waals surface area contributed by atoms with Gasteiger partial charge in [-0.25, -0.2) is 0 Å². The second-order valence-corrected chi connectivity index (χ2v) is 6.03. The lowest BCUT2D eigenvalue weighted by Crippen LogP contribution is -2.41. The smallest absolute Gasteiger partial charge is 0.261 e. The molecule has 1 fully saturated rings. The predicted octanol–water partition coefficient (Wildman–Crippen LogP) is 2.14. The summed E-state index contributed by atoms with van der Waals surface area (Å²) in [4.78, 5) is 4.52. The molecule has 2 N–H and O–H groups in total. The number of rotatable bonds is 2. The van der Waals surface area contributed by atoms with E-state index in [1.54, 1.807) is 10.9 Å². The van der Waals surface area contributed by atoms with Crippen LogP contribution in [0.3, 0.4) is 0 Å². The van der Waals surface area contributed by atoms with Crippen LogP contribution in [-0.4, -0.2) is 19.9 Å². The van der Waals surface area contributed by atoms with Crippen LogP contribution in [0, 0.1) is 12.8 Å². The Morgan fingerprint density at radius 3 is 2.70 bits per heavy atom. The highest BCUT2D eigenvalue weighted by Crippen LogP contribution is 2.36. The second-order valence-electron chi connectivity index (χ2n) is 6.03. The van der Waals surface area contributed by atoms with Gasteiger partial charge in [0.25, 0.3) is 5.89 Å². The van der Waals surface area contributed by atoms with Gasteiger partial charge < -0.3 is 10.3 Å². The molecule has 1 aliphatic carbocycles. The van der Waals surface area contributed by atoms with Gasteiger partial charge in [-0.1, -0.05) is 12.1 Å². The summed E-state index contributed by atoms with van der Waals surface area (Å²) >= 11 is 0. The standard InChI is InChI=1S/C14H21N5O/c1-9-4-6-14(15,7-5-9)13-17-12(20-18-13)11-8-16-19(3)10(11)2/h8-9H,4-7,15H2,1-3H3. The molecule has 2 aromatic rings. The molecular formula is C14H21N5O. The highest BCUT2D eigenvalue weighted by molar-refractivity contribution is 5.54. The fourth-order valence-corrected chi connectivity index (χ4v) is 2.74. The molecule has 0 spiro atoms. The zero-order chi connectivity index (χ0) is 14.3. The number of hydrogen-bond acceptors (Lipinski definition) is 5. The van der Waals surface area contributed by atoms with Crippen molar-refractivity contribution in [3.63, 3.8) is 0 Å². The van der Waals surface area contributed by atoms with Crippen molar-refractivity contribution >= 4 is 0 Å². The van der Waals surface area contributed by atoms with E-state index in [0.717, 1.165) is 42.9 Å². The maximum Gasteiger partial charge on any atom is 0.261 e. The fraction of sp³-hybridized carbons (Fsp3) is 0.643. The Bertz CT molecular complexity index is 607. The van der Waals surface area contributed by atoms with Crippen molar-refractivity contribution in [3.05, 3.63) is 17.7 Å². The van der Waals surface area contributed by atoms with Crippen molar-refractivity contribution in [2.24, 2.45) is 18.7 Å². The van der Waals surface area contributed by atoms with E-state index in [4.69, 9.17) is 10.3 Å². The van der Waals surface area contributed by atoms with Gasteiger partial charge in [0.15, 0.2) is 5.82 Å². The number of hydrogen-bond donors (Lipinski definition) is 1. The van der Waals surface area contributed by atoms with Crippen LogP contribution in [0.2, 0.25) is 0 Å². The molecule has 1 aliphatic rings. The summed E-state index contributed by atoms with van der Waals surface area (Å²) in [6.45, 7) is 4.24. The summed E-state index contributed by atoms with van der Waals surface area (Å²) in [6.07, 6.45) is 5.82. The molecule has 0 saturated heterocycles. The van der Waals surface area contributed by atoms with E-state index in [0.29, 0.717) is 11.7 Å². The molecule has 0 aromatic carbocycles. The van der Waals surface area contributed by atoms with Crippen LogP contribution in [0.15, 0.2) is 10.7 Å². The molecule has 0 amide bonds. The maximum absolute atomic E-state index is 6.47. The third kappa shape index (κ3) is 2.14. The minimum atomic E-state index is -0.440. The molecule has 0 bridgehead atoms. The third-order valence-corrected chi connectivity index (χ3v) is 4.50. The first-order valence-corrected chi connectivity index (χ1v) is 7.11. The van der Waals surface area contributed by atoms with Gasteiger partial charge in [-0.2, -0.15) is 10.1 Å². The molecule has 20 heavy (non-hydrogen) atoms. The van der Waals surface area contributed by atoms with Gasteiger partial charge >= 0.3 is 0 Å². The Balaban J connectivity index is 1.89. The predicted molar refractivity (Wildman–Crippen MR) is 74.7 cm³/mol. The highest BCUT2D eigenvalue weighted by atomic mass is 16.5. The van der Waals surface area contributed by atoms with E-state index in [2.05, 4.69) is 22.2 Å². The molecule has 108 valence electrons. The lowest BCUT2D eigenvalue weighted by atomic mass is 9.77. The van der Waals surface area contributed by atoms with Crippen molar-refractivity contribution in [1.29, 1.82) is 0 Å². The minimum absolute atomic E-state index is 0.440. The summed E-state index contributed by atoms with van der Waals surface area (Å²) in [7, 11) is 1.89. The SMILES string of the molecule is Cc1c(-c2nc(C3(N)CCC(C)CC3)no2)cnn1C. The van der Waals surface area contributed by atoms with Gasteiger partial charge in [0.1, 0.15) is 0 Å². The lowest BCUT2D eigenvalue weighted by molar-refractivity contribution is 0.230. The first kappa shape index (κ1) is 13.3. The van der Waals surface area contributed by atoms with Crippen molar-refractivity contribution in [1.82, 2.24) is 19.9 Å². The largest absolute Gasteiger partial charge is 0.334 e. The molecule has 0 unspecified atom stereocenters. The van der Waals surface area contributed by atoms with Gasteiger partial charge in [0.2, 0.25) is 0 Å². The molecule has 3 rings (SSSR count). The van der Waals surface area contributed by atoms with E-state index in [9.17, 15) is 0 Å². The minimum Gasteiger partial charge on any atom is -0.334 e. The first-order chi connectivity index (χ1) is 9.49. The summed E-state index contributed by atoms with van der Waals surface area (Å²) in [5.41, 5.74) is 7.91. The van der Waals surface area contributed by atoms with Crippen LogP contribution in [0.25, 0.3) is 11.5 Å². The summed E-state index contributed by atoms with van der Waals surface area (Å²) in [5.74, 6) is 1.87. The Morgan fingerprint density at radius 1 is 1.40 bits per heavy atom. The molecular weight excluding hydrogens is 254 g/mol. The Hall–Kier alpha value is -1.69.